The first-order valence-corrected chi connectivity index (χ1v) is 4.85. The fraction of sp³-hybridized carbons (Fsp3) is 0.182. The Bertz CT molecular complexity index is 533. The van der Waals surface area contributed by atoms with Crippen molar-refractivity contribution in [2.45, 2.75) is 6.04 Å². The molecule has 0 aliphatic carbocycles. The number of hydrogen-bond donors (Lipinski definition) is 2. The Morgan fingerprint density at radius 1 is 1.41 bits per heavy atom. The summed E-state index contributed by atoms with van der Waals surface area (Å²) in [5.41, 5.74) is 0.865. The number of carbonyl (C=O) groups excluding carboxylic acids is 2. The number of nitrogens with one attached hydrogen (secondary N) is 2. The molecule has 0 aromatic heterocycles. The van der Waals surface area contributed by atoms with E-state index in [1.165, 1.54) is 13.2 Å². The molecule has 1 saturated heterocycles. The van der Waals surface area contributed by atoms with Crippen LogP contribution < -0.4 is 15.4 Å². The molecule has 0 spiro atoms. The zero-order valence-corrected chi connectivity index (χ0v) is 8.98. The highest BCUT2D eigenvalue weighted by Crippen LogP contribution is 2.24. The first-order chi connectivity index (χ1) is 8.15. The van der Waals surface area contributed by atoms with Gasteiger partial charge in [-0.05, 0) is 17.7 Å². The molecule has 6 nitrogen and oxygen atoms in total. The number of nitrogens with zero attached hydrogens (tertiary/aromatic N) is 1. The Hall–Kier alpha value is -2.55. The van der Waals surface area contributed by atoms with Crippen LogP contribution in [0.1, 0.15) is 17.2 Å². The molecule has 6 heteroatoms. The maximum absolute atomic E-state index is 11.4. The summed E-state index contributed by atoms with van der Waals surface area (Å²) in [4.78, 5) is 22.4. The van der Waals surface area contributed by atoms with E-state index < -0.39 is 18.0 Å². The van der Waals surface area contributed by atoms with E-state index in [1.54, 1.807) is 12.1 Å². The molecule has 1 unspecified atom stereocenters. The van der Waals surface area contributed by atoms with Gasteiger partial charge in [0.1, 0.15) is 17.9 Å². The predicted molar refractivity (Wildman–Crippen MR) is 57.1 cm³/mol. The highest BCUT2D eigenvalue weighted by molar-refractivity contribution is 6.04. The predicted octanol–water partition coefficient (Wildman–Crippen LogP) is 0.447. The van der Waals surface area contributed by atoms with Crippen molar-refractivity contribution < 1.29 is 14.3 Å². The van der Waals surface area contributed by atoms with E-state index in [0.29, 0.717) is 16.9 Å². The van der Waals surface area contributed by atoms with Crippen LogP contribution in [-0.2, 0) is 4.79 Å². The van der Waals surface area contributed by atoms with Crippen LogP contribution in [0.2, 0.25) is 0 Å². The average molecular weight is 231 g/mol. The molecule has 1 fully saturated rings. The number of imide groups is 1. The molecule has 1 aromatic carbocycles. The minimum absolute atomic E-state index is 0.318. The Kier molecular flexibility index (Phi) is 2.66. The van der Waals surface area contributed by atoms with Crippen LogP contribution in [0.3, 0.4) is 0 Å². The van der Waals surface area contributed by atoms with Crippen molar-refractivity contribution in [1.29, 1.82) is 5.26 Å². The van der Waals surface area contributed by atoms with Crippen LogP contribution in [0.25, 0.3) is 0 Å². The van der Waals surface area contributed by atoms with E-state index in [1.807, 2.05) is 6.07 Å². The quantitative estimate of drug-likeness (QED) is 0.723. The van der Waals surface area contributed by atoms with Crippen molar-refractivity contribution in [2.24, 2.45) is 0 Å². The first-order valence-electron chi connectivity index (χ1n) is 4.85. The van der Waals surface area contributed by atoms with Crippen LogP contribution in [-0.4, -0.2) is 19.0 Å². The number of nitriles is 1. The smallest absolute Gasteiger partial charge is 0.322 e. The van der Waals surface area contributed by atoms with E-state index in [4.69, 9.17) is 10.00 Å². The highest BCUT2D eigenvalue weighted by Gasteiger charge is 2.31. The summed E-state index contributed by atoms with van der Waals surface area (Å²) in [6, 6.07) is 5.43. The van der Waals surface area contributed by atoms with Crippen molar-refractivity contribution in [3.05, 3.63) is 29.3 Å². The van der Waals surface area contributed by atoms with Gasteiger partial charge in [0.15, 0.2) is 0 Å². The van der Waals surface area contributed by atoms with Crippen molar-refractivity contribution in [2.75, 3.05) is 7.11 Å². The lowest BCUT2D eigenvalue weighted by molar-refractivity contribution is -0.120. The summed E-state index contributed by atoms with van der Waals surface area (Å²) in [6.45, 7) is 0. The van der Waals surface area contributed by atoms with Gasteiger partial charge in [-0.3, -0.25) is 10.1 Å². The van der Waals surface area contributed by atoms with E-state index in [2.05, 4.69) is 10.6 Å². The van der Waals surface area contributed by atoms with Crippen molar-refractivity contribution in [3.63, 3.8) is 0 Å². The molecule has 1 aliphatic rings. The fourth-order valence-corrected chi connectivity index (χ4v) is 1.64. The van der Waals surface area contributed by atoms with Gasteiger partial charge in [0, 0.05) is 0 Å². The highest BCUT2D eigenvalue weighted by atomic mass is 16.5. The van der Waals surface area contributed by atoms with Gasteiger partial charge >= 0.3 is 6.03 Å². The summed E-state index contributed by atoms with van der Waals surface area (Å²) in [6.07, 6.45) is 0. The minimum Gasteiger partial charge on any atom is -0.495 e. The topological polar surface area (TPSA) is 91.2 Å². The molecule has 0 radical (unpaired) electrons. The average Bonchev–Trinajstić information content (AvgIpc) is 2.67. The normalized spacial score (nSPS) is 18.2. The number of hydrogen-bond acceptors (Lipinski definition) is 4. The van der Waals surface area contributed by atoms with Gasteiger partial charge in [0.25, 0.3) is 5.91 Å². The van der Waals surface area contributed by atoms with Gasteiger partial charge in [-0.1, -0.05) is 6.07 Å². The minimum atomic E-state index is -0.750. The molecule has 1 aromatic rings. The number of amides is 3. The lowest BCUT2D eigenvalue weighted by Crippen LogP contribution is -2.22. The van der Waals surface area contributed by atoms with Gasteiger partial charge in [0.2, 0.25) is 0 Å². The van der Waals surface area contributed by atoms with Crippen LogP contribution in [0.4, 0.5) is 4.79 Å². The van der Waals surface area contributed by atoms with Crippen LogP contribution in [0.15, 0.2) is 18.2 Å². The number of carbonyl (C=O) groups is 2. The summed E-state index contributed by atoms with van der Waals surface area (Å²) >= 11 is 0. The van der Waals surface area contributed by atoms with Gasteiger partial charge < -0.3 is 10.1 Å². The molecule has 2 N–H and O–H groups in total. The number of methoxy groups -OCH3 is 1. The summed E-state index contributed by atoms with van der Waals surface area (Å²) in [5, 5.41) is 13.5. The van der Waals surface area contributed by atoms with Crippen molar-refractivity contribution >= 4 is 11.9 Å². The molecule has 1 aliphatic heterocycles. The summed E-state index contributed by atoms with van der Waals surface area (Å²) in [7, 11) is 1.46. The number of ether oxygens (including phenoxy) is 1. The summed E-state index contributed by atoms with van der Waals surface area (Å²) < 4.78 is 4.99. The third kappa shape index (κ3) is 1.90. The van der Waals surface area contributed by atoms with E-state index in [9.17, 15) is 9.59 Å². The van der Waals surface area contributed by atoms with Crippen molar-refractivity contribution in [3.8, 4) is 11.8 Å². The standard InChI is InChI=1S/C11H9N3O3/c1-17-8-3-2-6(4-7(8)5-12)9-10(15)14-11(16)13-9/h2-4,9H,1H3,(H2,13,14,15,16). The Morgan fingerprint density at radius 3 is 2.71 bits per heavy atom. The zero-order chi connectivity index (χ0) is 12.4. The maximum Gasteiger partial charge on any atom is 0.322 e. The van der Waals surface area contributed by atoms with Gasteiger partial charge in [-0.15, -0.1) is 0 Å². The lowest BCUT2D eigenvalue weighted by Gasteiger charge is -2.09. The second kappa shape index (κ2) is 4.14. The molecule has 1 heterocycles. The molecular weight excluding hydrogens is 222 g/mol. The largest absolute Gasteiger partial charge is 0.495 e. The molecule has 0 bridgehead atoms. The lowest BCUT2D eigenvalue weighted by atomic mass is 10.0. The van der Waals surface area contributed by atoms with Gasteiger partial charge in [-0.25, -0.2) is 4.79 Å². The molecule has 0 saturated carbocycles. The second-order valence-corrected chi connectivity index (χ2v) is 3.47. The van der Waals surface area contributed by atoms with Crippen LogP contribution in [0.5, 0.6) is 5.75 Å². The zero-order valence-electron chi connectivity index (χ0n) is 8.98. The fourth-order valence-electron chi connectivity index (χ4n) is 1.64. The Morgan fingerprint density at radius 2 is 2.18 bits per heavy atom. The Labute approximate surface area is 97.2 Å². The van der Waals surface area contributed by atoms with Crippen LogP contribution in [0, 0.1) is 11.3 Å². The second-order valence-electron chi connectivity index (χ2n) is 3.47. The SMILES string of the molecule is COc1ccc(C2NC(=O)NC2=O)cc1C#N. The third-order valence-corrected chi connectivity index (χ3v) is 2.45. The van der Waals surface area contributed by atoms with E-state index in [0.717, 1.165) is 0 Å². The maximum atomic E-state index is 11.4. The first kappa shape index (κ1) is 11.0. The molecular formula is C11H9N3O3. The third-order valence-electron chi connectivity index (χ3n) is 2.45. The van der Waals surface area contributed by atoms with Gasteiger partial charge in [0.05, 0.1) is 12.7 Å². The Balaban J connectivity index is 2.38. The van der Waals surface area contributed by atoms with Crippen molar-refractivity contribution in [1.82, 2.24) is 10.6 Å². The number of urea groups is 1. The molecule has 3 amide bonds. The number of benzene rings is 1. The molecule has 86 valence electrons. The van der Waals surface area contributed by atoms with E-state index in [-0.39, 0.29) is 0 Å². The summed E-state index contributed by atoms with van der Waals surface area (Å²) in [5.74, 6) is 0.00467. The van der Waals surface area contributed by atoms with Gasteiger partial charge in [-0.2, -0.15) is 5.26 Å². The molecule has 2 rings (SSSR count). The number of rotatable bonds is 2. The molecule has 1 atom stereocenters. The monoisotopic (exact) mass is 231 g/mol. The van der Waals surface area contributed by atoms with Crippen LogP contribution >= 0.6 is 0 Å². The van der Waals surface area contributed by atoms with E-state index >= 15 is 0 Å². The molecule has 17 heavy (non-hydrogen) atoms.